The van der Waals surface area contributed by atoms with Crippen LogP contribution in [-0.4, -0.2) is 6.00 Å². The van der Waals surface area contributed by atoms with Crippen molar-refractivity contribution < 1.29 is 0 Å². The fourth-order valence-corrected chi connectivity index (χ4v) is 3.34. The molecule has 0 aliphatic heterocycles. The van der Waals surface area contributed by atoms with Gasteiger partial charge in [0.2, 0.25) is 0 Å². The molecule has 0 nitrogen and oxygen atoms in total. The van der Waals surface area contributed by atoms with Gasteiger partial charge >= 0.3 is 6.00 Å². The molecule has 42 valence electrons. The summed E-state index contributed by atoms with van der Waals surface area (Å²) in [6.07, 6.45) is 0. The van der Waals surface area contributed by atoms with Crippen LogP contribution in [0.2, 0.25) is 0 Å². The zero-order valence-electron chi connectivity index (χ0n) is 3.17. The maximum absolute atomic E-state index is 5.39. The molecule has 0 aromatic rings. The number of hydrogen-bond acceptors (Lipinski definition) is 0. The van der Waals surface area contributed by atoms with Crippen LogP contribution in [0.4, 0.5) is 0 Å². The highest BCUT2D eigenvalue weighted by molar-refractivity contribution is 9.11. The van der Waals surface area contributed by atoms with E-state index < -0.39 is 6.00 Å². The van der Waals surface area contributed by atoms with Crippen LogP contribution >= 0.6 is 49.2 Å². The van der Waals surface area contributed by atoms with Crippen molar-refractivity contribution in [1.82, 2.24) is 0 Å². The molecule has 0 saturated carbocycles. The Bertz CT molecular complexity index is 75.5. The van der Waals surface area contributed by atoms with Gasteiger partial charge in [-0.2, -0.15) is 0 Å². The smallest absolute Gasteiger partial charge is 0.121 e. The molecule has 0 rings (SSSR count). The minimum Gasteiger partial charge on any atom is -0.121 e. The summed E-state index contributed by atoms with van der Waals surface area (Å²) in [4.78, 5) is 1.56. The van der Waals surface area contributed by atoms with Crippen LogP contribution in [0, 0.1) is 0 Å². The van der Waals surface area contributed by atoms with Crippen molar-refractivity contribution in [1.29, 1.82) is 0 Å². The first-order valence-corrected chi connectivity index (χ1v) is 7.44. The van der Waals surface area contributed by atoms with E-state index in [2.05, 4.69) is 15.9 Å². The van der Waals surface area contributed by atoms with Crippen molar-refractivity contribution in [2.45, 2.75) is 0 Å². The van der Waals surface area contributed by atoms with E-state index in [4.69, 9.17) is 33.2 Å². The highest BCUT2D eigenvalue weighted by Gasteiger charge is 2.18. The van der Waals surface area contributed by atoms with Gasteiger partial charge in [0.1, 0.15) is 0 Å². The van der Waals surface area contributed by atoms with Crippen LogP contribution in [0.5, 0.6) is 0 Å². The van der Waals surface area contributed by atoms with Gasteiger partial charge in [-0.1, -0.05) is 15.9 Å². The Hall–Kier alpha value is 1.31. The first-order chi connectivity index (χ1) is 3.06. The average Bonchev–Trinajstić information content (AvgIpc) is 1.30. The van der Waals surface area contributed by atoms with Crippen molar-refractivity contribution in [3.05, 3.63) is 10.7 Å². The Morgan fingerprint density at radius 1 is 1.29 bits per heavy atom. The van der Waals surface area contributed by atoms with E-state index in [0.717, 1.165) is 0 Å². The Morgan fingerprint density at radius 3 is 1.71 bits per heavy atom. The predicted octanol–water partition coefficient (Wildman–Crippen LogP) is 3.09. The summed E-state index contributed by atoms with van der Waals surface area (Å²) in [5.74, 6) is 0. The third-order valence-electron chi connectivity index (χ3n) is 0.252. The van der Waals surface area contributed by atoms with Crippen molar-refractivity contribution in [3.63, 3.8) is 0 Å². The van der Waals surface area contributed by atoms with Crippen LogP contribution in [0.1, 0.15) is 0 Å². The summed E-state index contributed by atoms with van der Waals surface area (Å²) in [6.45, 7) is 0. The third-order valence-corrected chi connectivity index (χ3v) is 2.68. The molecule has 0 fully saturated rings. The monoisotopic (exact) mass is 238 g/mol. The molecular formula is C2H2BrCl3Si. The number of rotatable bonds is 1. The van der Waals surface area contributed by atoms with E-state index in [1.54, 1.807) is 4.99 Å². The fraction of sp³-hybridized carbons (Fsp3) is 0. The van der Waals surface area contributed by atoms with Crippen LogP contribution in [-0.2, 0) is 0 Å². The molecule has 0 amide bonds. The number of halogens is 4. The molecule has 0 saturated heterocycles. The van der Waals surface area contributed by atoms with Crippen molar-refractivity contribution in [2.24, 2.45) is 0 Å². The molecule has 0 N–H and O–H groups in total. The summed E-state index contributed by atoms with van der Waals surface area (Å²) in [5.41, 5.74) is 1.54. The third kappa shape index (κ3) is 7.31. The van der Waals surface area contributed by atoms with Crippen LogP contribution in [0.25, 0.3) is 0 Å². The second-order valence-corrected chi connectivity index (χ2v) is 9.89. The quantitative estimate of drug-likeness (QED) is 0.488. The summed E-state index contributed by atoms with van der Waals surface area (Å²) < 4.78 is 0. The molecule has 0 bridgehead atoms. The van der Waals surface area contributed by atoms with E-state index >= 15 is 0 Å². The maximum atomic E-state index is 5.39. The van der Waals surface area contributed by atoms with Crippen LogP contribution in [0.3, 0.4) is 0 Å². The van der Waals surface area contributed by atoms with Gasteiger partial charge in [0.05, 0.1) is 0 Å². The molecule has 0 aliphatic carbocycles. The molecule has 0 heterocycles. The molecule has 0 aromatic heterocycles. The lowest BCUT2D eigenvalue weighted by Crippen LogP contribution is -2.02. The van der Waals surface area contributed by atoms with Crippen molar-refractivity contribution >= 4 is 55.2 Å². The van der Waals surface area contributed by atoms with Gasteiger partial charge in [-0.15, -0.1) is 33.2 Å². The zero-order chi connectivity index (χ0) is 5.91. The molecule has 0 unspecified atom stereocenters. The SMILES string of the molecule is Cl[Si](Cl)(Cl)C=CBr. The summed E-state index contributed by atoms with van der Waals surface area (Å²) >= 11 is 19.1. The molecule has 5 heteroatoms. The highest BCUT2D eigenvalue weighted by atomic mass is 79.9. The molecule has 0 atom stereocenters. The zero-order valence-corrected chi connectivity index (χ0v) is 8.02. The highest BCUT2D eigenvalue weighted by Crippen LogP contribution is 2.21. The second-order valence-electron chi connectivity index (χ2n) is 0.834. The predicted molar refractivity (Wildman–Crippen MR) is 41.4 cm³/mol. The molecule has 0 aliphatic rings. The minimum atomic E-state index is -2.47. The van der Waals surface area contributed by atoms with E-state index in [1.165, 1.54) is 5.70 Å². The second kappa shape index (κ2) is 3.36. The molecule has 0 aromatic carbocycles. The molecule has 0 radical (unpaired) electrons. The van der Waals surface area contributed by atoms with E-state index in [9.17, 15) is 0 Å². The average molecular weight is 240 g/mol. The number of hydrogen-bond donors (Lipinski definition) is 0. The first kappa shape index (κ1) is 8.31. The molecule has 7 heavy (non-hydrogen) atoms. The molecule has 0 spiro atoms. The Kier molecular flexibility index (Phi) is 3.98. The van der Waals surface area contributed by atoms with Gasteiger partial charge in [0.15, 0.2) is 0 Å². The lowest BCUT2D eigenvalue weighted by molar-refractivity contribution is 2.50. The van der Waals surface area contributed by atoms with Gasteiger partial charge in [0.25, 0.3) is 0 Å². The van der Waals surface area contributed by atoms with E-state index in [0.29, 0.717) is 0 Å². The van der Waals surface area contributed by atoms with Crippen molar-refractivity contribution in [3.8, 4) is 0 Å². The van der Waals surface area contributed by atoms with E-state index in [1.807, 2.05) is 0 Å². The Balaban J connectivity index is 3.56. The normalized spacial score (nSPS) is 13.1. The lowest BCUT2D eigenvalue weighted by atomic mass is 11.3. The lowest BCUT2D eigenvalue weighted by Gasteiger charge is -1.94. The van der Waals surface area contributed by atoms with Crippen molar-refractivity contribution in [2.75, 3.05) is 0 Å². The van der Waals surface area contributed by atoms with Gasteiger partial charge < -0.3 is 0 Å². The van der Waals surface area contributed by atoms with Gasteiger partial charge in [0, 0.05) is 0 Å². The standard InChI is InChI=1S/C2H2BrCl3Si/c3-1-2-7(4,5)6/h1-2H. The van der Waals surface area contributed by atoms with E-state index in [-0.39, 0.29) is 0 Å². The van der Waals surface area contributed by atoms with Gasteiger partial charge in [-0.05, 0) is 10.7 Å². The summed E-state index contributed by atoms with van der Waals surface area (Å²) in [7, 11) is 0. The molecular weight excluding hydrogens is 238 g/mol. The largest absolute Gasteiger partial charge is 0.366 e. The first-order valence-electron chi connectivity index (χ1n) is 1.41. The van der Waals surface area contributed by atoms with Crippen LogP contribution in [0.15, 0.2) is 10.7 Å². The van der Waals surface area contributed by atoms with Gasteiger partial charge in [-0.25, -0.2) is 0 Å². The maximum Gasteiger partial charge on any atom is 0.366 e. The summed E-state index contributed by atoms with van der Waals surface area (Å²) in [6, 6.07) is -2.47. The van der Waals surface area contributed by atoms with Gasteiger partial charge in [-0.3, -0.25) is 0 Å². The summed E-state index contributed by atoms with van der Waals surface area (Å²) in [5, 5.41) is 0. The topological polar surface area (TPSA) is 0 Å². The Morgan fingerprint density at radius 2 is 1.71 bits per heavy atom. The Labute approximate surface area is 65.7 Å². The fourth-order valence-electron chi connectivity index (χ4n) is 0.0714. The van der Waals surface area contributed by atoms with Crippen LogP contribution < -0.4 is 0 Å². The minimum absolute atomic E-state index is 1.54.